The van der Waals surface area contributed by atoms with Gasteiger partial charge in [0, 0.05) is 39.9 Å². The Morgan fingerprint density at radius 2 is 2.13 bits per heavy atom. The predicted molar refractivity (Wildman–Crippen MR) is 58.3 cm³/mol. The van der Waals surface area contributed by atoms with Crippen molar-refractivity contribution in [3.05, 3.63) is 12.4 Å². The lowest BCUT2D eigenvalue weighted by Crippen LogP contribution is -2.67. The molecule has 2 atom stereocenters. The van der Waals surface area contributed by atoms with Crippen molar-refractivity contribution in [3.63, 3.8) is 0 Å². The minimum atomic E-state index is -2.49. The van der Waals surface area contributed by atoms with E-state index in [1.807, 2.05) is 0 Å². The van der Waals surface area contributed by atoms with Crippen molar-refractivity contribution in [1.82, 2.24) is 9.99 Å². The highest BCUT2D eigenvalue weighted by molar-refractivity contribution is 7.60. The highest BCUT2D eigenvalue weighted by Crippen LogP contribution is 2.45. The van der Waals surface area contributed by atoms with Crippen LogP contribution in [0.3, 0.4) is 0 Å². The third-order valence-electron chi connectivity index (χ3n) is 2.26. The summed E-state index contributed by atoms with van der Waals surface area (Å²) >= 11 is 0. The maximum atomic E-state index is 12.0. The maximum Gasteiger partial charge on any atom is 0.239 e. The zero-order valence-corrected chi connectivity index (χ0v) is 10.3. The third-order valence-corrected chi connectivity index (χ3v) is 3.72. The Morgan fingerprint density at radius 1 is 1.53 bits per heavy atom. The van der Waals surface area contributed by atoms with Crippen LogP contribution in [0, 0.1) is 0 Å². The van der Waals surface area contributed by atoms with Gasteiger partial charge in [0.05, 0.1) is 0 Å². The minimum Gasteiger partial charge on any atom is -0.355 e. The van der Waals surface area contributed by atoms with Crippen LogP contribution in [0.1, 0.15) is 0 Å². The first kappa shape index (κ1) is 12.5. The van der Waals surface area contributed by atoms with Crippen LogP contribution in [0.2, 0.25) is 0 Å². The zero-order valence-electron chi connectivity index (χ0n) is 9.43. The van der Waals surface area contributed by atoms with Crippen LogP contribution < -0.4 is 11.1 Å². The molecule has 88 valence electrons. The van der Waals surface area contributed by atoms with Crippen LogP contribution >= 0.6 is 7.29 Å². The molecule has 2 unspecified atom stereocenters. The molecule has 0 fully saturated rings. The maximum absolute atomic E-state index is 12.0. The van der Waals surface area contributed by atoms with Crippen molar-refractivity contribution < 1.29 is 14.0 Å². The number of hydrogen-bond acceptors (Lipinski definition) is 5. The lowest BCUT2D eigenvalue weighted by Gasteiger charge is -2.45. The standard InChI is InChI=1S/C8H18N3O3P/c1-13-7-8(9,14-2)10-5-6-11(7)15(3,4)12/h5-7,10H,9H2,1-4H3. The van der Waals surface area contributed by atoms with Gasteiger partial charge in [0.15, 0.2) is 13.5 Å². The molecule has 7 heteroatoms. The summed E-state index contributed by atoms with van der Waals surface area (Å²) in [5.41, 5.74) is 5.93. The molecule has 6 nitrogen and oxygen atoms in total. The lowest BCUT2D eigenvalue weighted by atomic mass is 10.3. The van der Waals surface area contributed by atoms with E-state index < -0.39 is 19.4 Å². The quantitative estimate of drug-likeness (QED) is 0.535. The fourth-order valence-corrected chi connectivity index (χ4v) is 2.60. The number of hydrogen-bond donors (Lipinski definition) is 2. The van der Waals surface area contributed by atoms with Crippen LogP contribution in [0.5, 0.6) is 0 Å². The van der Waals surface area contributed by atoms with Gasteiger partial charge in [-0.15, -0.1) is 0 Å². The van der Waals surface area contributed by atoms with Gasteiger partial charge in [-0.3, -0.25) is 10.4 Å². The van der Waals surface area contributed by atoms with E-state index in [2.05, 4.69) is 5.32 Å². The van der Waals surface area contributed by atoms with Crippen LogP contribution in [-0.4, -0.2) is 44.3 Å². The largest absolute Gasteiger partial charge is 0.355 e. The fraction of sp³-hybridized carbons (Fsp3) is 0.750. The molecule has 1 heterocycles. The first-order valence-corrected chi connectivity index (χ1v) is 7.05. The molecule has 0 bridgehead atoms. The molecule has 0 radical (unpaired) electrons. The van der Waals surface area contributed by atoms with Gasteiger partial charge in [0.2, 0.25) is 5.85 Å². The topological polar surface area (TPSA) is 76.8 Å². The Kier molecular flexibility index (Phi) is 3.45. The average Bonchev–Trinajstić information content (AvgIpc) is 2.16. The highest BCUT2D eigenvalue weighted by Gasteiger charge is 2.44. The molecule has 1 aliphatic rings. The predicted octanol–water partition coefficient (Wildman–Crippen LogP) is 0.132. The molecular weight excluding hydrogens is 217 g/mol. The van der Waals surface area contributed by atoms with E-state index in [0.717, 1.165) is 0 Å². The molecular formula is C8H18N3O3P. The van der Waals surface area contributed by atoms with Gasteiger partial charge < -0.3 is 19.4 Å². The fourth-order valence-electron chi connectivity index (χ4n) is 1.45. The van der Waals surface area contributed by atoms with Gasteiger partial charge in [-0.05, 0) is 0 Å². The lowest BCUT2D eigenvalue weighted by molar-refractivity contribution is -0.165. The first-order valence-electron chi connectivity index (χ1n) is 4.50. The van der Waals surface area contributed by atoms with Gasteiger partial charge in [-0.1, -0.05) is 0 Å². The van der Waals surface area contributed by atoms with Crippen molar-refractivity contribution in [2.75, 3.05) is 27.5 Å². The monoisotopic (exact) mass is 235 g/mol. The number of nitrogens with zero attached hydrogens (tertiary/aromatic N) is 1. The van der Waals surface area contributed by atoms with Gasteiger partial charge in [-0.25, -0.2) is 0 Å². The Hall–Kier alpha value is -0.550. The molecule has 1 rings (SSSR count). The third kappa shape index (κ3) is 2.34. The summed E-state index contributed by atoms with van der Waals surface area (Å²) in [4.78, 5) is 0. The van der Waals surface area contributed by atoms with Crippen LogP contribution in [0.25, 0.3) is 0 Å². The van der Waals surface area contributed by atoms with E-state index >= 15 is 0 Å². The molecule has 0 aromatic heterocycles. The van der Waals surface area contributed by atoms with Crippen LogP contribution in [0.4, 0.5) is 0 Å². The summed E-state index contributed by atoms with van der Waals surface area (Å²) in [7, 11) is 0.474. The van der Waals surface area contributed by atoms with Gasteiger partial charge in [0.25, 0.3) is 0 Å². The van der Waals surface area contributed by atoms with Crippen LogP contribution in [0.15, 0.2) is 12.4 Å². The molecule has 0 saturated carbocycles. The number of methoxy groups -OCH3 is 2. The summed E-state index contributed by atoms with van der Waals surface area (Å²) in [5.74, 6) is -1.19. The molecule has 1 aliphatic heterocycles. The van der Waals surface area contributed by atoms with Crippen molar-refractivity contribution in [2.45, 2.75) is 12.1 Å². The molecule has 0 aromatic rings. The molecule has 0 saturated heterocycles. The summed E-state index contributed by atoms with van der Waals surface area (Å²) in [5, 5.41) is 2.84. The smallest absolute Gasteiger partial charge is 0.239 e. The Labute approximate surface area is 89.8 Å². The number of rotatable bonds is 3. The molecule has 0 spiro atoms. The van der Waals surface area contributed by atoms with E-state index in [4.69, 9.17) is 15.2 Å². The Bertz CT molecular complexity index is 304. The molecule has 3 N–H and O–H groups in total. The molecule has 0 aromatic carbocycles. The summed E-state index contributed by atoms with van der Waals surface area (Å²) < 4.78 is 23.9. The second-order valence-corrected chi connectivity index (χ2v) is 6.77. The van der Waals surface area contributed by atoms with Crippen molar-refractivity contribution in [3.8, 4) is 0 Å². The van der Waals surface area contributed by atoms with E-state index in [-0.39, 0.29) is 0 Å². The number of ether oxygens (including phenoxy) is 2. The summed E-state index contributed by atoms with van der Waals surface area (Å²) in [6, 6.07) is 0. The zero-order chi connectivity index (χ0) is 11.7. The minimum absolute atomic E-state index is 0.631. The van der Waals surface area contributed by atoms with E-state index in [9.17, 15) is 4.57 Å². The highest BCUT2D eigenvalue weighted by atomic mass is 31.2. The summed E-state index contributed by atoms with van der Waals surface area (Å²) in [6.07, 6.45) is 2.62. The SMILES string of the molecule is COC1N(P(C)(C)=O)C=CNC1(N)OC. The second kappa shape index (κ2) is 4.14. The van der Waals surface area contributed by atoms with E-state index in [1.54, 1.807) is 30.4 Å². The summed E-state index contributed by atoms with van der Waals surface area (Å²) in [6.45, 7) is 3.29. The second-order valence-electron chi connectivity index (χ2n) is 3.72. The normalized spacial score (nSPS) is 31.5. The number of nitrogens with one attached hydrogen (secondary N) is 1. The van der Waals surface area contributed by atoms with Crippen molar-refractivity contribution in [1.29, 1.82) is 0 Å². The van der Waals surface area contributed by atoms with Gasteiger partial charge in [-0.2, -0.15) is 0 Å². The Balaban J connectivity index is 3.05. The van der Waals surface area contributed by atoms with Crippen molar-refractivity contribution in [2.24, 2.45) is 5.73 Å². The first-order chi connectivity index (χ1) is 6.85. The van der Waals surface area contributed by atoms with Crippen molar-refractivity contribution >= 4 is 7.29 Å². The number of nitrogens with two attached hydrogens (primary N) is 1. The van der Waals surface area contributed by atoms with Gasteiger partial charge >= 0.3 is 0 Å². The molecule has 0 amide bonds. The van der Waals surface area contributed by atoms with Gasteiger partial charge in [0.1, 0.15) is 0 Å². The Morgan fingerprint density at radius 3 is 2.53 bits per heavy atom. The molecule has 0 aliphatic carbocycles. The van der Waals surface area contributed by atoms with Crippen LogP contribution in [-0.2, 0) is 14.0 Å². The average molecular weight is 235 g/mol. The molecule has 15 heavy (non-hydrogen) atoms. The van der Waals surface area contributed by atoms with E-state index in [0.29, 0.717) is 0 Å². The van der Waals surface area contributed by atoms with E-state index in [1.165, 1.54) is 14.2 Å².